The van der Waals surface area contributed by atoms with Crippen molar-refractivity contribution in [2.75, 3.05) is 56.3 Å². The number of anilines is 2. The van der Waals surface area contributed by atoms with Crippen molar-refractivity contribution >= 4 is 43.4 Å². The first kappa shape index (κ1) is 24.0. The maximum absolute atomic E-state index is 5.66. The van der Waals surface area contributed by atoms with Gasteiger partial charge in [-0.05, 0) is 25.5 Å². The van der Waals surface area contributed by atoms with Crippen LogP contribution in [0.3, 0.4) is 0 Å². The quantitative estimate of drug-likeness (QED) is 0.348. The average molecular weight is 556 g/mol. The van der Waals surface area contributed by atoms with E-state index in [1.807, 2.05) is 29.9 Å². The maximum atomic E-state index is 5.66. The Morgan fingerprint density at radius 2 is 2.02 bits per heavy atom. The number of thiazole rings is 1. The van der Waals surface area contributed by atoms with E-state index in [1.54, 1.807) is 30.8 Å². The second-order valence-electron chi connectivity index (χ2n) is 10.6. The third-order valence-corrected chi connectivity index (χ3v) is 9.24. The minimum atomic E-state index is 0.512. The zero-order valence-electron chi connectivity index (χ0n) is 22.4. The lowest BCUT2D eigenvalue weighted by atomic mass is 10.1. The van der Waals surface area contributed by atoms with Crippen molar-refractivity contribution in [1.29, 1.82) is 0 Å². The van der Waals surface area contributed by atoms with Gasteiger partial charge in [-0.25, -0.2) is 14.6 Å². The Labute approximate surface area is 234 Å². The van der Waals surface area contributed by atoms with E-state index in [0.29, 0.717) is 25.3 Å². The molecule has 5 aromatic rings. The highest BCUT2D eigenvalue weighted by Crippen LogP contribution is 2.39. The molecule has 2 bridgehead atoms. The van der Waals surface area contributed by atoms with Gasteiger partial charge in [0.05, 0.1) is 48.0 Å². The smallest absolute Gasteiger partial charge is 0.186 e. The van der Waals surface area contributed by atoms with Gasteiger partial charge in [-0.2, -0.15) is 5.10 Å². The van der Waals surface area contributed by atoms with Crippen LogP contribution in [0.2, 0.25) is 0 Å². The molecule has 40 heavy (non-hydrogen) atoms. The molecule has 0 amide bonds. The lowest BCUT2D eigenvalue weighted by Gasteiger charge is -2.28. The molecule has 0 spiro atoms. The van der Waals surface area contributed by atoms with E-state index >= 15 is 0 Å². The topological polar surface area (TPSA) is 106 Å². The SMILES string of the molecule is COc1ccncc1-c1cc2c(cnn2-c2cc3sc(N4C[C@H]5C[C@@H]4CN5)nc3c(N3CCOCC3)n2)c(C)n1. The van der Waals surface area contributed by atoms with Crippen LogP contribution in [0, 0.1) is 6.92 Å². The van der Waals surface area contributed by atoms with E-state index in [1.165, 1.54) is 6.42 Å². The largest absolute Gasteiger partial charge is 0.496 e. The van der Waals surface area contributed by atoms with Crippen molar-refractivity contribution < 1.29 is 9.47 Å². The number of piperazine rings is 1. The molecule has 0 radical (unpaired) electrons. The Morgan fingerprint density at radius 1 is 1.12 bits per heavy atom. The first-order valence-electron chi connectivity index (χ1n) is 13.6. The molecule has 0 aromatic carbocycles. The predicted octanol–water partition coefficient (Wildman–Crippen LogP) is 3.19. The molecule has 12 heteroatoms. The molecule has 3 fully saturated rings. The van der Waals surface area contributed by atoms with Gasteiger partial charge in [0.25, 0.3) is 0 Å². The Bertz CT molecular complexity index is 1750. The normalized spacial score (nSPS) is 20.8. The summed E-state index contributed by atoms with van der Waals surface area (Å²) in [5.41, 5.74) is 4.39. The van der Waals surface area contributed by atoms with Gasteiger partial charge in [0.2, 0.25) is 0 Å². The van der Waals surface area contributed by atoms with Crippen LogP contribution in [0.25, 0.3) is 38.2 Å². The van der Waals surface area contributed by atoms with E-state index < -0.39 is 0 Å². The van der Waals surface area contributed by atoms with E-state index in [0.717, 1.165) is 86.8 Å². The number of methoxy groups -OCH3 is 1. The molecule has 3 aliphatic rings. The van der Waals surface area contributed by atoms with Crippen LogP contribution >= 0.6 is 11.3 Å². The predicted molar refractivity (Wildman–Crippen MR) is 155 cm³/mol. The summed E-state index contributed by atoms with van der Waals surface area (Å²) in [6.45, 7) is 6.96. The molecule has 5 aromatic heterocycles. The summed E-state index contributed by atoms with van der Waals surface area (Å²) in [6, 6.07) is 7.09. The summed E-state index contributed by atoms with van der Waals surface area (Å²) in [7, 11) is 1.66. The minimum absolute atomic E-state index is 0.512. The number of hydrogen-bond donors (Lipinski definition) is 1. The number of nitrogens with zero attached hydrogens (tertiary/aromatic N) is 8. The molecule has 1 N–H and O–H groups in total. The fourth-order valence-corrected chi connectivity index (χ4v) is 7.23. The van der Waals surface area contributed by atoms with Gasteiger partial charge in [-0.3, -0.25) is 9.97 Å². The Morgan fingerprint density at radius 3 is 2.83 bits per heavy atom. The zero-order chi connectivity index (χ0) is 26.8. The monoisotopic (exact) mass is 555 g/mol. The van der Waals surface area contributed by atoms with Crippen molar-refractivity contribution in [2.45, 2.75) is 25.4 Å². The molecule has 8 rings (SSSR count). The van der Waals surface area contributed by atoms with Crippen molar-refractivity contribution in [1.82, 2.24) is 35.0 Å². The number of rotatable bonds is 5. The lowest BCUT2D eigenvalue weighted by molar-refractivity contribution is 0.122. The Balaban J connectivity index is 1.29. The van der Waals surface area contributed by atoms with Gasteiger partial charge in [0.15, 0.2) is 16.8 Å². The summed E-state index contributed by atoms with van der Waals surface area (Å²) in [5.74, 6) is 2.38. The van der Waals surface area contributed by atoms with Gasteiger partial charge in [0, 0.05) is 67.8 Å². The van der Waals surface area contributed by atoms with E-state index in [4.69, 9.17) is 29.5 Å². The summed E-state index contributed by atoms with van der Waals surface area (Å²) in [4.78, 5) is 24.3. The van der Waals surface area contributed by atoms with Crippen molar-refractivity contribution in [3.63, 3.8) is 0 Å². The van der Waals surface area contributed by atoms with Gasteiger partial charge in [-0.15, -0.1) is 0 Å². The minimum Gasteiger partial charge on any atom is -0.496 e. The van der Waals surface area contributed by atoms with Crippen LogP contribution in [0.15, 0.2) is 36.8 Å². The molecule has 0 unspecified atom stereocenters. The van der Waals surface area contributed by atoms with Gasteiger partial charge in [0.1, 0.15) is 11.3 Å². The number of morpholine rings is 1. The van der Waals surface area contributed by atoms with Crippen molar-refractivity contribution in [3.05, 3.63) is 42.5 Å². The molecule has 204 valence electrons. The van der Waals surface area contributed by atoms with Crippen LogP contribution in [-0.2, 0) is 4.74 Å². The summed E-state index contributed by atoms with van der Waals surface area (Å²) < 4.78 is 14.3. The van der Waals surface area contributed by atoms with Crippen molar-refractivity contribution in [2.24, 2.45) is 0 Å². The summed E-state index contributed by atoms with van der Waals surface area (Å²) >= 11 is 1.75. The molecule has 0 aliphatic carbocycles. The van der Waals surface area contributed by atoms with Crippen molar-refractivity contribution in [3.8, 4) is 22.8 Å². The fourth-order valence-electron chi connectivity index (χ4n) is 6.16. The van der Waals surface area contributed by atoms with E-state index in [9.17, 15) is 0 Å². The van der Waals surface area contributed by atoms with Crippen LogP contribution < -0.4 is 19.9 Å². The first-order valence-corrected chi connectivity index (χ1v) is 14.5. The molecule has 0 saturated carbocycles. The summed E-state index contributed by atoms with van der Waals surface area (Å²) in [5, 5.41) is 10.5. The second kappa shape index (κ2) is 9.36. The van der Waals surface area contributed by atoms with E-state index in [-0.39, 0.29) is 0 Å². The van der Waals surface area contributed by atoms with E-state index in [2.05, 4.69) is 26.2 Å². The number of pyridine rings is 3. The third kappa shape index (κ3) is 3.81. The molecular formula is C28H29N9O2S. The molecule has 8 heterocycles. The van der Waals surface area contributed by atoms with Crippen LogP contribution in [0.4, 0.5) is 10.9 Å². The fraction of sp³-hybridized carbons (Fsp3) is 0.393. The number of ether oxygens (including phenoxy) is 2. The standard InChI is InChI=1S/C28H29N9O2S/c1-16-19-14-31-37(22(19)10-21(32-16)20-13-29-4-3-23(20)38-2)25-11-24-26(27(33-25)35-5-7-39-8-6-35)34-28(40-24)36-15-17-9-18(36)12-30-17/h3-4,10-11,13-14,17-18,30H,5-9,12,15H2,1-2H3/t17-,18-/m1/s1. The molecule has 3 aliphatic heterocycles. The number of aromatic nitrogens is 6. The highest BCUT2D eigenvalue weighted by molar-refractivity contribution is 7.22. The van der Waals surface area contributed by atoms with Gasteiger partial charge >= 0.3 is 0 Å². The van der Waals surface area contributed by atoms with Gasteiger partial charge in [-0.1, -0.05) is 11.3 Å². The maximum Gasteiger partial charge on any atom is 0.186 e. The number of fused-ring (bicyclic) bond motifs is 4. The van der Waals surface area contributed by atoms with Crippen LogP contribution in [0.1, 0.15) is 12.1 Å². The number of nitrogens with one attached hydrogen (secondary N) is 1. The lowest BCUT2D eigenvalue weighted by Crippen LogP contribution is -2.43. The number of hydrogen-bond acceptors (Lipinski definition) is 11. The second-order valence-corrected chi connectivity index (χ2v) is 11.6. The van der Waals surface area contributed by atoms with Crippen LogP contribution in [0.5, 0.6) is 5.75 Å². The Kier molecular flexibility index (Phi) is 5.61. The molecule has 11 nitrogen and oxygen atoms in total. The Hall–Kier alpha value is -3.87. The highest BCUT2D eigenvalue weighted by Gasteiger charge is 2.39. The van der Waals surface area contributed by atoms with Gasteiger partial charge < -0.3 is 24.6 Å². The highest BCUT2D eigenvalue weighted by atomic mass is 32.1. The molecular weight excluding hydrogens is 526 g/mol. The average Bonchev–Trinajstić information content (AvgIpc) is 3.80. The first-order chi connectivity index (χ1) is 19.7. The van der Waals surface area contributed by atoms with Crippen LogP contribution in [-0.4, -0.2) is 88.3 Å². The molecule has 3 saturated heterocycles. The zero-order valence-corrected chi connectivity index (χ0v) is 23.2. The number of aryl methyl sites for hydroxylation is 1. The third-order valence-electron chi connectivity index (χ3n) is 8.20. The summed E-state index contributed by atoms with van der Waals surface area (Å²) in [6.07, 6.45) is 6.56. The molecule has 2 atom stereocenters.